The number of hydrogen-bond acceptors (Lipinski definition) is 5. The fraction of sp³-hybridized carbons (Fsp3) is 0.391. The third-order valence-electron chi connectivity index (χ3n) is 6.14. The van der Waals surface area contributed by atoms with Crippen LogP contribution in [0.1, 0.15) is 40.8 Å². The highest BCUT2D eigenvalue weighted by Gasteiger charge is 2.28. The van der Waals surface area contributed by atoms with Crippen molar-refractivity contribution in [2.75, 3.05) is 17.8 Å². The minimum absolute atomic E-state index is 0.0188. The van der Waals surface area contributed by atoms with Gasteiger partial charge < -0.3 is 9.47 Å². The number of carbonyl (C=O) groups excluding carboxylic acids is 1. The van der Waals surface area contributed by atoms with Gasteiger partial charge in [0.2, 0.25) is 0 Å². The Morgan fingerprint density at radius 1 is 1.21 bits per heavy atom. The lowest BCUT2D eigenvalue weighted by Gasteiger charge is -2.30. The molecule has 1 aliphatic rings. The van der Waals surface area contributed by atoms with Crippen LogP contribution in [0.5, 0.6) is 0 Å². The Labute approximate surface area is 197 Å². The first-order valence-electron chi connectivity index (χ1n) is 10.8. The normalized spacial score (nSPS) is 15.1. The maximum absolute atomic E-state index is 13.5. The molecule has 7 nitrogen and oxygen atoms in total. The molecule has 3 aromatic rings. The van der Waals surface area contributed by atoms with Gasteiger partial charge in [-0.25, -0.2) is 17.8 Å². The second-order valence-electron chi connectivity index (χ2n) is 8.56. The molecule has 1 aliphatic heterocycles. The van der Waals surface area contributed by atoms with Crippen LogP contribution in [0.2, 0.25) is 0 Å². The Balaban J connectivity index is 1.64. The summed E-state index contributed by atoms with van der Waals surface area (Å²) < 4.78 is 43.7. The van der Waals surface area contributed by atoms with Gasteiger partial charge in [-0.15, -0.1) is 11.3 Å². The molecule has 1 N–H and O–H groups in total. The SMILES string of the molecule is Cc1nc(-c2cc(S(=O)(=O)Nc3cccc(F)c3)c(C)n2C)sc1C(=O)N1CCC(C)CC1. The van der Waals surface area contributed by atoms with Gasteiger partial charge in [0.25, 0.3) is 15.9 Å². The van der Waals surface area contributed by atoms with Crippen molar-refractivity contribution in [1.82, 2.24) is 14.5 Å². The Morgan fingerprint density at radius 2 is 1.91 bits per heavy atom. The predicted molar refractivity (Wildman–Crippen MR) is 128 cm³/mol. The van der Waals surface area contributed by atoms with Crippen molar-refractivity contribution < 1.29 is 17.6 Å². The summed E-state index contributed by atoms with van der Waals surface area (Å²) in [6.45, 7) is 7.18. The largest absolute Gasteiger partial charge is 0.345 e. The number of hydrogen-bond donors (Lipinski definition) is 1. The molecule has 0 radical (unpaired) electrons. The van der Waals surface area contributed by atoms with Crippen LogP contribution in [0.15, 0.2) is 35.2 Å². The minimum atomic E-state index is -3.95. The molecule has 4 rings (SSSR count). The number of nitrogens with one attached hydrogen (secondary N) is 1. The zero-order valence-electron chi connectivity index (χ0n) is 19.1. The summed E-state index contributed by atoms with van der Waals surface area (Å²) in [5, 5.41) is 0.582. The van der Waals surface area contributed by atoms with E-state index in [-0.39, 0.29) is 16.5 Å². The number of piperidine rings is 1. The van der Waals surface area contributed by atoms with Crippen molar-refractivity contribution in [2.45, 2.75) is 38.5 Å². The highest BCUT2D eigenvalue weighted by molar-refractivity contribution is 7.92. The lowest BCUT2D eigenvalue weighted by molar-refractivity contribution is 0.0701. The molecule has 1 fully saturated rings. The molecule has 0 atom stereocenters. The van der Waals surface area contributed by atoms with E-state index < -0.39 is 15.8 Å². The fourth-order valence-corrected chi connectivity index (χ4v) is 6.40. The number of anilines is 1. The molecule has 0 bridgehead atoms. The predicted octanol–water partition coefficient (Wildman–Crippen LogP) is 4.58. The second kappa shape index (κ2) is 8.90. The second-order valence-corrected chi connectivity index (χ2v) is 11.2. The molecule has 1 aromatic carbocycles. The molecule has 176 valence electrons. The Kier molecular flexibility index (Phi) is 6.32. The molecule has 0 aliphatic carbocycles. The number of aromatic nitrogens is 2. The molecule has 0 saturated carbocycles. The average molecular weight is 491 g/mol. The molecule has 3 heterocycles. The number of sulfonamides is 1. The number of likely N-dealkylation sites (tertiary alicyclic amines) is 1. The number of thiazole rings is 1. The van der Waals surface area contributed by atoms with Crippen LogP contribution in [-0.2, 0) is 17.1 Å². The summed E-state index contributed by atoms with van der Waals surface area (Å²) in [4.78, 5) is 20.2. The standard InChI is InChI=1S/C23H27FN4O3S2/c1-14-8-10-28(11-9-14)23(29)21-15(2)25-22(32-21)19-13-20(16(3)27(19)4)33(30,31)26-18-7-5-6-17(24)12-18/h5-7,12-14,26H,8-11H2,1-4H3. The van der Waals surface area contributed by atoms with E-state index in [1.54, 1.807) is 31.5 Å². The number of aryl methyl sites for hydroxylation is 1. The number of nitrogens with zero attached hydrogens (tertiary/aromatic N) is 3. The van der Waals surface area contributed by atoms with Gasteiger partial charge in [0, 0.05) is 25.8 Å². The first kappa shape index (κ1) is 23.4. The first-order valence-corrected chi connectivity index (χ1v) is 13.1. The molecule has 33 heavy (non-hydrogen) atoms. The van der Waals surface area contributed by atoms with Gasteiger partial charge in [-0.1, -0.05) is 13.0 Å². The summed E-state index contributed by atoms with van der Waals surface area (Å²) in [5.74, 6) is 0.0776. The van der Waals surface area contributed by atoms with E-state index in [0.717, 1.165) is 32.0 Å². The summed E-state index contributed by atoms with van der Waals surface area (Å²) in [5.41, 5.74) is 1.90. The molecule has 1 amide bonds. The molecular weight excluding hydrogens is 463 g/mol. The number of rotatable bonds is 5. The minimum Gasteiger partial charge on any atom is -0.345 e. The van der Waals surface area contributed by atoms with E-state index in [1.807, 2.05) is 4.90 Å². The van der Waals surface area contributed by atoms with Gasteiger partial charge in [0.15, 0.2) is 0 Å². The van der Waals surface area contributed by atoms with Crippen LogP contribution >= 0.6 is 11.3 Å². The molecule has 10 heteroatoms. The molecule has 1 saturated heterocycles. The van der Waals surface area contributed by atoms with E-state index in [2.05, 4.69) is 16.6 Å². The van der Waals surface area contributed by atoms with Gasteiger partial charge in [-0.2, -0.15) is 0 Å². The third-order valence-corrected chi connectivity index (χ3v) is 8.80. The van der Waals surface area contributed by atoms with E-state index >= 15 is 0 Å². The van der Waals surface area contributed by atoms with E-state index in [9.17, 15) is 17.6 Å². The maximum atomic E-state index is 13.5. The van der Waals surface area contributed by atoms with Crippen LogP contribution in [-0.4, -0.2) is 41.9 Å². The maximum Gasteiger partial charge on any atom is 0.265 e. The number of halogens is 1. The zero-order chi connectivity index (χ0) is 23.9. The van der Waals surface area contributed by atoms with E-state index in [1.165, 1.54) is 29.5 Å². The van der Waals surface area contributed by atoms with Gasteiger partial charge >= 0.3 is 0 Å². The number of amides is 1. The van der Waals surface area contributed by atoms with Gasteiger partial charge in [-0.3, -0.25) is 9.52 Å². The van der Waals surface area contributed by atoms with Crippen LogP contribution in [0.3, 0.4) is 0 Å². The lowest BCUT2D eigenvalue weighted by atomic mass is 9.99. The Bertz CT molecular complexity index is 1310. The van der Waals surface area contributed by atoms with Crippen molar-refractivity contribution in [3.63, 3.8) is 0 Å². The van der Waals surface area contributed by atoms with Crippen molar-refractivity contribution in [3.8, 4) is 10.7 Å². The topological polar surface area (TPSA) is 84.3 Å². The summed E-state index contributed by atoms with van der Waals surface area (Å²) >= 11 is 1.28. The number of carbonyl (C=O) groups is 1. The van der Waals surface area contributed by atoms with Gasteiger partial charge in [0.05, 0.1) is 17.1 Å². The highest BCUT2D eigenvalue weighted by Crippen LogP contribution is 2.34. The third kappa shape index (κ3) is 4.67. The molecule has 2 aromatic heterocycles. The monoisotopic (exact) mass is 490 g/mol. The molecule has 0 unspecified atom stereocenters. The Morgan fingerprint density at radius 3 is 2.58 bits per heavy atom. The smallest absolute Gasteiger partial charge is 0.265 e. The number of benzene rings is 1. The first-order chi connectivity index (χ1) is 15.6. The fourth-order valence-electron chi connectivity index (χ4n) is 3.97. The summed E-state index contributed by atoms with van der Waals surface area (Å²) in [7, 11) is -2.19. The van der Waals surface area contributed by atoms with Gasteiger partial charge in [-0.05, 0) is 56.9 Å². The zero-order valence-corrected chi connectivity index (χ0v) is 20.7. The quantitative estimate of drug-likeness (QED) is 0.568. The average Bonchev–Trinajstić information content (AvgIpc) is 3.28. The van der Waals surface area contributed by atoms with Crippen molar-refractivity contribution >= 4 is 33.0 Å². The summed E-state index contributed by atoms with van der Waals surface area (Å²) in [6.07, 6.45) is 1.99. The van der Waals surface area contributed by atoms with Crippen LogP contribution in [0, 0.1) is 25.6 Å². The molecule has 0 spiro atoms. The van der Waals surface area contributed by atoms with Crippen LogP contribution in [0.25, 0.3) is 10.7 Å². The van der Waals surface area contributed by atoms with Crippen LogP contribution < -0.4 is 4.72 Å². The molecular formula is C23H27FN4O3S2. The van der Waals surface area contributed by atoms with Gasteiger partial charge in [0.1, 0.15) is 20.6 Å². The van der Waals surface area contributed by atoms with E-state index in [0.29, 0.717) is 32.9 Å². The highest BCUT2D eigenvalue weighted by atomic mass is 32.2. The summed E-state index contributed by atoms with van der Waals surface area (Å²) in [6, 6.07) is 6.85. The van der Waals surface area contributed by atoms with Crippen molar-refractivity contribution in [3.05, 3.63) is 52.4 Å². The van der Waals surface area contributed by atoms with Crippen molar-refractivity contribution in [2.24, 2.45) is 13.0 Å². The van der Waals surface area contributed by atoms with Crippen molar-refractivity contribution in [1.29, 1.82) is 0 Å². The Hall–Kier alpha value is -2.72. The van der Waals surface area contributed by atoms with Crippen LogP contribution in [0.4, 0.5) is 10.1 Å². The lowest BCUT2D eigenvalue weighted by Crippen LogP contribution is -2.37. The van der Waals surface area contributed by atoms with E-state index in [4.69, 9.17) is 0 Å².